The fraction of sp³-hybridized carbons (Fsp3) is 0.200. The fourth-order valence-electron chi connectivity index (χ4n) is 2.77. The Morgan fingerprint density at radius 1 is 1.12 bits per heavy atom. The third kappa shape index (κ3) is 3.71. The number of hydrogen-bond acceptors (Lipinski definition) is 2. The summed E-state index contributed by atoms with van der Waals surface area (Å²) in [5, 5.41) is 2.83. The summed E-state index contributed by atoms with van der Waals surface area (Å²) in [6.45, 7) is 2.78. The Morgan fingerprint density at radius 3 is 2.54 bits per heavy atom. The number of benzene rings is 2. The van der Waals surface area contributed by atoms with Crippen LogP contribution >= 0.6 is 0 Å². The SMILES string of the molecule is Cc1ccccc1/C=C/C(=O)Nc1ccc(N2CCCC2=O)cc1. The van der Waals surface area contributed by atoms with E-state index in [4.69, 9.17) is 0 Å². The second-order valence-corrected chi connectivity index (χ2v) is 5.87. The number of nitrogens with zero attached hydrogens (tertiary/aromatic N) is 1. The van der Waals surface area contributed by atoms with Crippen LogP contribution in [-0.2, 0) is 9.59 Å². The van der Waals surface area contributed by atoms with Crippen LogP contribution < -0.4 is 10.2 Å². The first-order valence-corrected chi connectivity index (χ1v) is 8.08. The van der Waals surface area contributed by atoms with Crippen molar-refractivity contribution >= 4 is 29.3 Å². The Kier molecular flexibility index (Phi) is 4.75. The van der Waals surface area contributed by atoms with Crippen molar-refractivity contribution in [2.45, 2.75) is 19.8 Å². The van der Waals surface area contributed by atoms with Gasteiger partial charge in [0.05, 0.1) is 0 Å². The van der Waals surface area contributed by atoms with Crippen molar-refractivity contribution < 1.29 is 9.59 Å². The van der Waals surface area contributed by atoms with Crippen molar-refractivity contribution in [3.63, 3.8) is 0 Å². The molecule has 1 N–H and O–H groups in total. The van der Waals surface area contributed by atoms with E-state index in [9.17, 15) is 9.59 Å². The minimum Gasteiger partial charge on any atom is -0.323 e. The van der Waals surface area contributed by atoms with Gasteiger partial charge in [-0.2, -0.15) is 0 Å². The molecule has 1 fully saturated rings. The first-order valence-electron chi connectivity index (χ1n) is 8.08. The second-order valence-electron chi connectivity index (χ2n) is 5.87. The summed E-state index contributed by atoms with van der Waals surface area (Å²) >= 11 is 0. The normalized spacial score (nSPS) is 14.4. The maximum absolute atomic E-state index is 12.0. The first-order chi connectivity index (χ1) is 11.6. The molecule has 1 aliphatic rings. The van der Waals surface area contributed by atoms with Gasteiger partial charge in [0.15, 0.2) is 0 Å². The summed E-state index contributed by atoms with van der Waals surface area (Å²) < 4.78 is 0. The number of aryl methyl sites for hydroxylation is 1. The highest BCUT2D eigenvalue weighted by Gasteiger charge is 2.21. The van der Waals surface area contributed by atoms with Crippen molar-refractivity contribution in [2.75, 3.05) is 16.8 Å². The molecule has 0 aliphatic carbocycles. The van der Waals surface area contributed by atoms with E-state index in [-0.39, 0.29) is 11.8 Å². The molecule has 1 aliphatic heterocycles. The van der Waals surface area contributed by atoms with Gasteiger partial charge in [-0.1, -0.05) is 24.3 Å². The first kappa shape index (κ1) is 16.0. The minimum absolute atomic E-state index is 0.160. The van der Waals surface area contributed by atoms with E-state index in [1.807, 2.05) is 61.5 Å². The molecule has 2 amide bonds. The van der Waals surface area contributed by atoms with Gasteiger partial charge in [0.25, 0.3) is 0 Å². The van der Waals surface area contributed by atoms with Crippen LogP contribution in [0.2, 0.25) is 0 Å². The lowest BCUT2D eigenvalue weighted by molar-refractivity contribution is -0.117. The topological polar surface area (TPSA) is 49.4 Å². The Labute approximate surface area is 141 Å². The average molecular weight is 320 g/mol. The minimum atomic E-state index is -0.178. The summed E-state index contributed by atoms with van der Waals surface area (Å²) in [7, 11) is 0. The molecule has 0 bridgehead atoms. The lowest BCUT2D eigenvalue weighted by Crippen LogP contribution is -2.23. The quantitative estimate of drug-likeness (QED) is 0.872. The van der Waals surface area contributed by atoms with Crippen LogP contribution in [0.1, 0.15) is 24.0 Å². The van der Waals surface area contributed by atoms with E-state index in [0.717, 1.165) is 29.8 Å². The second kappa shape index (κ2) is 7.13. The van der Waals surface area contributed by atoms with Crippen LogP contribution in [0.4, 0.5) is 11.4 Å². The molecule has 0 spiro atoms. The molecule has 0 radical (unpaired) electrons. The summed E-state index contributed by atoms with van der Waals surface area (Å²) in [6.07, 6.45) is 4.85. The van der Waals surface area contributed by atoms with Gasteiger partial charge in [-0.05, 0) is 54.8 Å². The standard InChI is InChI=1S/C20H20N2O2/c1-15-5-2-3-6-16(15)8-13-19(23)21-17-9-11-18(12-10-17)22-14-4-7-20(22)24/h2-3,5-6,8-13H,4,7,14H2,1H3,(H,21,23)/b13-8+. The van der Waals surface area contributed by atoms with Crippen molar-refractivity contribution in [3.05, 3.63) is 65.7 Å². The molecular weight excluding hydrogens is 300 g/mol. The molecule has 2 aromatic rings. The third-order valence-corrected chi connectivity index (χ3v) is 4.12. The zero-order chi connectivity index (χ0) is 16.9. The highest BCUT2D eigenvalue weighted by Crippen LogP contribution is 2.23. The summed E-state index contributed by atoms with van der Waals surface area (Å²) in [5.74, 6) is -0.0174. The molecule has 0 saturated carbocycles. The van der Waals surface area contributed by atoms with Gasteiger partial charge in [-0.25, -0.2) is 0 Å². The van der Waals surface area contributed by atoms with E-state index in [1.54, 1.807) is 4.90 Å². The van der Waals surface area contributed by atoms with Gasteiger partial charge < -0.3 is 10.2 Å². The molecule has 4 heteroatoms. The third-order valence-electron chi connectivity index (χ3n) is 4.12. The largest absolute Gasteiger partial charge is 0.323 e. The molecule has 0 unspecified atom stereocenters. The maximum Gasteiger partial charge on any atom is 0.248 e. The highest BCUT2D eigenvalue weighted by atomic mass is 16.2. The maximum atomic E-state index is 12.0. The van der Waals surface area contributed by atoms with Crippen LogP contribution in [0, 0.1) is 6.92 Å². The van der Waals surface area contributed by atoms with E-state index in [0.29, 0.717) is 12.1 Å². The number of amides is 2. The Morgan fingerprint density at radius 2 is 1.88 bits per heavy atom. The predicted molar refractivity (Wildman–Crippen MR) is 96.9 cm³/mol. The van der Waals surface area contributed by atoms with Gasteiger partial charge in [0.1, 0.15) is 0 Å². The molecule has 2 aromatic carbocycles. The van der Waals surface area contributed by atoms with Gasteiger partial charge in [-0.3, -0.25) is 9.59 Å². The van der Waals surface area contributed by atoms with E-state index >= 15 is 0 Å². The molecule has 1 heterocycles. The molecule has 0 aromatic heterocycles. The predicted octanol–water partition coefficient (Wildman–Crippen LogP) is 3.77. The lowest BCUT2D eigenvalue weighted by atomic mass is 10.1. The zero-order valence-electron chi connectivity index (χ0n) is 13.7. The Hall–Kier alpha value is -2.88. The number of nitrogens with one attached hydrogen (secondary N) is 1. The van der Waals surface area contributed by atoms with Crippen molar-refractivity contribution in [1.29, 1.82) is 0 Å². The van der Waals surface area contributed by atoms with Gasteiger partial charge >= 0.3 is 0 Å². The van der Waals surface area contributed by atoms with Crippen LogP contribution in [0.3, 0.4) is 0 Å². The Balaban J connectivity index is 1.62. The van der Waals surface area contributed by atoms with Crippen LogP contribution in [0.5, 0.6) is 0 Å². The van der Waals surface area contributed by atoms with Crippen molar-refractivity contribution in [3.8, 4) is 0 Å². The van der Waals surface area contributed by atoms with E-state index in [1.165, 1.54) is 6.08 Å². The number of anilines is 2. The monoisotopic (exact) mass is 320 g/mol. The van der Waals surface area contributed by atoms with Crippen molar-refractivity contribution in [1.82, 2.24) is 0 Å². The molecule has 1 saturated heterocycles. The zero-order valence-corrected chi connectivity index (χ0v) is 13.7. The number of carbonyl (C=O) groups excluding carboxylic acids is 2. The number of carbonyl (C=O) groups is 2. The number of rotatable bonds is 4. The highest BCUT2D eigenvalue weighted by molar-refractivity contribution is 6.02. The molecule has 0 atom stereocenters. The molecular formula is C20H20N2O2. The molecule has 3 rings (SSSR count). The van der Waals surface area contributed by atoms with Gasteiger partial charge in [-0.15, -0.1) is 0 Å². The summed E-state index contributed by atoms with van der Waals surface area (Å²) in [5.41, 5.74) is 3.74. The van der Waals surface area contributed by atoms with Crippen LogP contribution in [0.25, 0.3) is 6.08 Å². The number of hydrogen-bond donors (Lipinski definition) is 1. The summed E-state index contributed by atoms with van der Waals surface area (Å²) in [4.78, 5) is 25.5. The molecule has 4 nitrogen and oxygen atoms in total. The van der Waals surface area contributed by atoms with E-state index in [2.05, 4.69) is 5.32 Å². The lowest BCUT2D eigenvalue weighted by Gasteiger charge is -2.15. The molecule has 24 heavy (non-hydrogen) atoms. The molecule has 122 valence electrons. The van der Waals surface area contributed by atoms with Crippen molar-refractivity contribution in [2.24, 2.45) is 0 Å². The fourth-order valence-corrected chi connectivity index (χ4v) is 2.77. The van der Waals surface area contributed by atoms with Crippen LogP contribution in [0.15, 0.2) is 54.6 Å². The smallest absolute Gasteiger partial charge is 0.248 e. The van der Waals surface area contributed by atoms with E-state index < -0.39 is 0 Å². The van der Waals surface area contributed by atoms with Gasteiger partial charge in [0.2, 0.25) is 11.8 Å². The average Bonchev–Trinajstić information content (AvgIpc) is 3.01. The van der Waals surface area contributed by atoms with Crippen LogP contribution in [-0.4, -0.2) is 18.4 Å². The van der Waals surface area contributed by atoms with Gasteiger partial charge in [0, 0.05) is 30.4 Å². The summed E-state index contributed by atoms with van der Waals surface area (Å²) in [6, 6.07) is 15.3. The Bertz CT molecular complexity index is 778.